The molecule has 4 aromatic rings. The Kier molecular flexibility index (Phi) is 3.70. The minimum absolute atomic E-state index is 0.0272. The second-order valence-corrected chi connectivity index (χ2v) is 6.26. The number of aromatic amines is 1. The highest BCUT2D eigenvalue weighted by Gasteiger charge is 2.15. The van der Waals surface area contributed by atoms with Crippen LogP contribution in [0.5, 0.6) is 0 Å². The molecule has 24 heavy (non-hydrogen) atoms. The summed E-state index contributed by atoms with van der Waals surface area (Å²) in [5.74, 6) is 0.730. The molecule has 0 aliphatic carbocycles. The molecule has 0 aliphatic heterocycles. The van der Waals surface area contributed by atoms with Crippen LogP contribution in [0.25, 0.3) is 22.4 Å². The maximum atomic E-state index is 12.2. The lowest BCUT2D eigenvalue weighted by Crippen LogP contribution is -2.07. The minimum Gasteiger partial charge on any atom is -0.411 e. The molecule has 7 heteroatoms. The summed E-state index contributed by atoms with van der Waals surface area (Å²) in [5, 5.41) is 9.53. The maximum absolute atomic E-state index is 12.2. The van der Waals surface area contributed by atoms with Crippen LogP contribution in [0.3, 0.4) is 0 Å². The Hall–Kier alpha value is -2.80. The molecule has 0 saturated carbocycles. The molecule has 0 atom stereocenters. The summed E-state index contributed by atoms with van der Waals surface area (Å²) >= 11 is 1.25. The van der Waals surface area contributed by atoms with Crippen LogP contribution in [-0.2, 0) is 7.05 Å². The molecule has 3 heterocycles. The first-order valence-corrected chi connectivity index (χ1v) is 8.38. The van der Waals surface area contributed by atoms with E-state index in [9.17, 15) is 4.79 Å². The number of benzene rings is 1. The van der Waals surface area contributed by atoms with E-state index in [2.05, 4.69) is 15.2 Å². The SMILES string of the molecule is Cn1cccc1C(=O)CSc1nnc(-c2c[nH]c3ccccc23)o1. The zero-order valence-corrected chi connectivity index (χ0v) is 13.7. The second kappa shape index (κ2) is 6.01. The second-order valence-electron chi connectivity index (χ2n) is 5.34. The lowest BCUT2D eigenvalue weighted by Gasteiger charge is -2.00. The number of H-pyrrole nitrogens is 1. The van der Waals surface area contributed by atoms with Crippen molar-refractivity contribution in [1.29, 1.82) is 0 Å². The fourth-order valence-corrected chi connectivity index (χ4v) is 3.22. The van der Waals surface area contributed by atoms with Gasteiger partial charge in [-0.25, -0.2) is 0 Å². The lowest BCUT2D eigenvalue weighted by atomic mass is 10.2. The van der Waals surface area contributed by atoms with Gasteiger partial charge in [0.2, 0.25) is 0 Å². The average Bonchev–Trinajstić information content (AvgIpc) is 3.31. The molecule has 0 bridgehead atoms. The van der Waals surface area contributed by atoms with Crippen molar-refractivity contribution >= 4 is 28.4 Å². The number of carbonyl (C=O) groups is 1. The largest absolute Gasteiger partial charge is 0.411 e. The summed E-state index contributed by atoms with van der Waals surface area (Å²) in [6, 6.07) is 11.6. The summed E-state index contributed by atoms with van der Waals surface area (Å²) in [4.78, 5) is 15.4. The van der Waals surface area contributed by atoms with Crippen LogP contribution in [0, 0.1) is 0 Å². The van der Waals surface area contributed by atoms with Crippen molar-refractivity contribution in [3.05, 3.63) is 54.5 Å². The van der Waals surface area contributed by atoms with E-state index in [1.54, 1.807) is 10.6 Å². The van der Waals surface area contributed by atoms with Gasteiger partial charge in [0, 0.05) is 30.3 Å². The number of hydrogen-bond donors (Lipinski definition) is 1. The molecule has 3 aromatic heterocycles. The van der Waals surface area contributed by atoms with Gasteiger partial charge in [-0.05, 0) is 18.2 Å². The van der Waals surface area contributed by atoms with E-state index >= 15 is 0 Å². The Bertz CT molecular complexity index is 1010. The van der Waals surface area contributed by atoms with Gasteiger partial charge in [-0.1, -0.05) is 30.0 Å². The zero-order valence-electron chi connectivity index (χ0n) is 12.9. The summed E-state index contributed by atoms with van der Waals surface area (Å²) in [6.07, 6.45) is 3.70. The highest BCUT2D eigenvalue weighted by Crippen LogP contribution is 2.29. The van der Waals surface area contributed by atoms with Gasteiger partial charge in [-0.3, -0.25) is 4.79 Å². The molecule has 0 saturated heterocycles. The summed E-state index contributed by atoms with van der Waals surface area (Å²) in [5.41, 5.74) is 2.54. The number of hydrogen-bond acceptors (Lipinski definition) is 5. The van der Waals surface area contributed by atoms with E-state index in [1.165, 1.54) is 11.8 Å². The van der Waals surface area contributed by atoms with Crippen LogP contribution >= 0.6 is 11.8 Å². The van der Waals surface area contributed by atoms with Crippen LogP contribution in [0.1, 0.15) is 10.5 Å². The lowest BCUT2D eigenvalue weighted by molar-refractivity contribution is 0.101. The predicted octanol–water partition coefficient (Wildman–Crippen LogP) is 3.53. The van der Waals surface area contributed by atoms with Gasteiger partial charge in [-0.15, -0.1) is 10.2 Å². The number of nitrogens with one attached hydrogen (secondary N) is 1. The fraction of sp³-hybridized carbons (Fsp3) is 0.118. The molecule has 0 radical (unpaired) electrons. The number of aryl methyl sites for hydroxylation is 1. The Balaban J connectivity index is 1.51. The summed E-state index contributed by atoms with van der Waals surface area (Å²) < 4.78 is 7.50. The summed E-state index contributed by atoms with van der Waals surface area (Å²) in [7, 11) is 1.85. The molecule has 1 N–H and O–H groups in total. The quantitative estimate of drug-likeness (QED) is 0.445. The maximum Gasteiger partial charge on any atom is 0.277 e. The third-order valence-corrected chi connectivity index (χ3v) is 4.60. The van der Waals surface area contributed by atoms with Crippen molar-refractivity contribution in [3.63, 3.8) is 0 Å². The molecule has 0 amide bonds. The third kappa shape index (κ3) is 2.63. The molecular weight excluding hydrogens is 324 g/mol. The number of nitrogens with zero attached hydrogens (tertiary/aromatic N) is 3. The first-order valence-electron chi connectivity index (χ1n) is 7.40. The number of fused-ring (bicyclic) bond motifs is 1. The van der Waals surface area contributed by atoms with E-state index < -0.39 is 0 Å². The van der Waals surface area contributed by atoms with E-state index in [0.29, 0.717) is 16.8 Å². The molecule has 120 valence electrons. The molecule has 1 aromatic carbocycles. The van der Waals surface area contributed by atoms with Gasteiger partial charge in [0.15, 0.2) is 5.78 Å². The highest BCUT2D eigenvalue weighted by atomic mass is 32.2. The number of thioether (sulfide) groups is 1. The Morgan fingerprint density at radius 3 is 2.96 bits per heavy atom. The highest BCUT2D eigenvalue weighted by molar-refractivity contribution is 7.99. The number of carbonyl (C=O) groups excluding carboxylic acids is 1. The molecule has 4 rings (SSSR count). The van der Waals surface area contributed by atoms with Crippen LogP contribution in [0.4, 0.5) is 0 Å². The minimum atomic E-state index is 0.0272. The van der Waals surface area contributed by atoms with Gasteiger partial charge >= 0.3 is 0 Å². The molecular formula is C17H14N4O2S. The molecule has 0 aliphatic rings. The average molecular weight is 338 g/mol. The standard InChI is InChI=1S/C17H14N4O2S/c1-21-8-4-7-14(21)15(22)10-24-17-20-19-16(23-17)12-9-18-13-6-3-2-5-11(12)13/h2-9,18H,10H2,1H3. The summed E-state index contributed by atoms with van der Waals surface area (Å²) in [6.45, 7) is 0. The van der Waals surface area contributed by atoms with Crippen molar-refractivity contribution in [2.24, 2.45) is 7.05 Å². The van der Waals surface area contributed by atoms with Crippen molar-refractivity contribution in [2.75, 3.05) is 5.75 Å². The number of ketones is 1. The Morgan fingerprint density at radius 2 is 2.12 bits per heavy atom. The van der Waals surface area contributed by atoms with E-state index in [4.69, 9.17) is 4.42 Å². The topological polar surface area (TPSA) is 76.7 Å². The first-order chi connectivity index (χ1) is 11.7. The van der Waals surface area contributed by atoms with Gasteiger partial charge in [0.05, 0.1) is 17.0 Å². The van der Waals surface area contributed by atoms with Crippen molar-refractivity contribution in [2.45, 2.75) is 5.22 Å². The van der Waals surface area contributed by atoms with Gasteiger partial charge in [-0.2, -0.15) is 0 Å². The smallest absolute Gasteiger partial charge is 0.277 e. The monoisotopic (exact) mass is 338 g/mol. The zero-order chi connectivity index (χ0) is 16.5. The van der Waals surface area contributed by atoms with Crippen LogP contribution in [0.15, 0.2) is 58.4 Å². The Morgan fingerprint density at radius 1 is 1.25 bits per heavy atom. The number of aromatic nitrogens is 4. The molecule has 0 spiro atoms. The normalized spacial score (nSPS) is 11.2. The molecule has 0 unspecified atom stereocenters. The number of rotatable bonds is 5. The Labute approximate surface area is 141 Å². The first kappa shape index (κ1) is 14.8. The fourth-order valence-electron chi connectivity index (χ4n) is 2.58. The number of Topliss-reactive ketones (excluding diaryl/α,β-unsaturated/α-hetero) is 1. The van der Waals surface area contributed by atoms with E-state index in [1.807, 2.05) is 49.8 Å². The van der Waals surface area contributed by atoms with Gasteiger partial charge in [0.1, 0.15) is 0 Å². The van der Waals surface area contributed by atoms with Crippen LogP contribution in [0.2, 0.25) is 0 Å². The number of para-hydroxylation sites is 1. The van der Waals surface area contributed by atoms with Crippen LogP contribution < -0.4 is 0 Å². The van der Waals surface area contributed by atoms with Gasteiger partial charge < -0.3 is 14.0 Å². The van der Waals surface area contributed by atoms with Crippen molar-refractivity contribution in [3.8, 4) is 11.5 Å². The predicted molar refractivity (Wildman–Crippen MR) is 92.1 cm³/mol. The van der Waals surface area contributed by atoms with E-state index in [0.717, 1.165) is 16.5 Å². The third-order valence-electron chi connectivity index (χ3n) is 3.78. The van der Waals surface area contributed by atoms with Crippen molar-refractivity contribution in [1.82, 2.24) is 19.7 Å². The van der Waals surface area contributed by atoms with E-state index in [-0.39, 0.29) is 11.5 Å². The van der Waals surface area contributed by atoms with Crippen LogP contribution in [-0.4, -0.2) is 31.3 Å². The molecule has 6 nitrogen and oxygen atoms in total. The molecule has 0 fully saturated rings. The van der Waals surface area contributed by atoms with Crippen molar-refractivity contribution < 1.29 is 9.21 Å². The van der Waals surface area contributed by atoms with Gasteiger partial charge in [0.25, 0.3) is 11.1 Å².